The fourth-order valence-corrected chi connectivity index (χ4v) is 3.71. The van der Waals surface area contributed by atoms with Gasteiger partial charge in [-0.2, -0.15) is 10.2 Å². The molecule has 0 unspecified atom stereocenters. The smallest absolute Gasteiger partial charge is 0.255 e. The van der Waals surface area contributed by atoms with E-state index in [9.17, 15) is 4.79 Å². The molecule has 0 aliphatic carbocycles. The maximum absolute atomic E-state index is 12.8. The van der Waals surface area contributed by atoms with Gasteiger partial charge < -0.3 is 10.1 Å². The first kappa shape index (κ1) is 22.6. The van der Waals surface area contributed by atoms with Crippen molar-refractivity contribution in [2.24, 2.45) is 0 Å². The van der Waals surface area contributed by atoms with Gasteiger partial charge in [0.2, 0.25) is 0 Å². The average molecular weight is 464 g/mol. The molecule has 4 rings (SSSR count). The van der Waals surface area contributed by atoms with E-state index in [1.165, 1.54) is 0 Å². The molecule has 2 heterocycles. The van der Waals surface area contributed by atoms with Gasteiger partial charge >= 0.3 is 0 Å². The van der Waals surface area contributed by atoms with Gasteiger partial charge in [-0.15, -0.1) is 0 Å². The lowest BCUT2D eigenvalue weighted by Crippen LogP contribution is -2.12. The number of nitrogens with one attached hydrogen (secondary N) is 1. The lowest BCUT2D eigenvalue weighted by Gasteiger charge is -2.10. The highest BCUT2D eigenvalue weighted by atomic mass is 35.5. The molecule has 0 saturated carbocycles. The first-order chi connectivity index (χ1) is 15.9. The van der Waals surface area contributed by atoms with Crippen molar-refractivity contribution < 1.29 is 9.53 Å². The summed E-state index contributed by atoms with van der Waals surface area (Å²) in [7, 11) is 0. The minimum absolute atomic E-state index is 0.208. The number of hydrogen-bond donors (Lipinski definition) is 1. The van der Waals surface area contributed by atoms with Crippen molar-refractivity contribution in [2.45, 2.75) is 40.5 Å². The van der Waals surface area contributed by atoms with Crippen LogP contribution in [-0.2, 0) is 19.7 Å². The third kappa shape index (κ3) is 5.43. The minimum atomic E-state index is -0.208. The zero-order chi connectivity index (χ0) is 23.4. The summed E-state index contributed by atoms with van der Waals surface area (Å²) >= 11 is 6.20. The number of benzene rings is 2. The highest BCUT2D eigenvalue weighted by Gasteiger charge is 2.11. The summed E-state index contributed by atoms with van der Waals surface area (Å²) in [6, 6.07) is 13.0. The third-order valence-electron chi connectivity index (χ3n) is 5.40. The van der Waals surface area contributed by atoms with Gasteiger partial charge in [0.15, 0.2) is 0 Å². The first-order valence-electron chi connectivity index (χ1n) is 10.8. The van der Waals surface area contributed by atoms with Crippen LogP contribution in [0.3, 0.4) is 0 Å². The van der Waals surface area contributed by atoms with Gasteiger partial charge in [0.05, 0.1) is 29.6 Å². The van der Waals surface area contributed by atoms with Crippen LogP contribution in [0.25, 0.3) is 0 Å². The summed E-state index contributed by atoms with van der Waals surface area (Å²) in [4.78, 5) is 12.8. The zero-order valence-electron chi connectivity index (χ0n) is 18.9. The lowest BCUT2D eigenvalue weighted by atomic mass is 10.1. The highest BCUT2D eigenvalue weighted by Crippen LogP contribution is 2.26. The van der Waals surface area contributed by atoms with E-state index in [4.69, 9.17) is 16.3 Å². The molecule has 0 atom stereocenters. The topological polar surface area (TPSA) is 74.0 Å². The van der Waals surface area contributed by atoms with E-state index in [0.29, 0.717) is 35.2 Å². The second-order valence-corrected chi connectivity index (χ2v) is 8.28. The van der Waals surface area contributed by atoms with Gasteiger partial charge in [0.25, 0.3) is 5.91 Å². The van der Waals surface area contributed by atoms with E-state index in [1.54, 1.807) is 16.9 Å². The van der Waals surface area contributed by atoms with Crippen LogP contribution in [-0.4, -0.2) is 25.5 Å². The molecule has 1 amide bonds. The highest BCUT2D eigenvalue weighted by molar-refractivity contribution is 6.32. The van der Waals surface area contributed by atoms with E-state index in [2.05, 4.69) is 22.4 Å². The van der Waals surface area contributed by atoms with Gasteiger partial charge in [0, 0.05) is 29.6 Å². The van der Waals surface area contributed by atoms with Gasteiger partial charge in [0.1, 0.15) is 12.4 Å². The maximum atomic E-state index is 12.8. The van der Waals surface area contributed by atoms with Crippen LogP contribution in [0.4, 0.5) is 5.69 Å². The van der Waals surface area contributed by atoms with E-state index in [1.807, 2.05) is 67.3 Å². The van der Waals surface area contributed by atoms with Gasteiger partial charge in [-0.25, -0.2) is 0 Å². The van der Waals surface area contributed by atoms with Crippen molar-refractivity contribution in [3.63, 3.8) is 0 Å². The van der Waals surface area contributed by atoms with Crippen molar-refractivity contribution in [2.75, 3.05) is 5.32 Å². The molecule has 7 nitrogen and oxygen atoms in total. The number of aromatic nitrogens is 4. The van der Waals surface area contributed by atoms with E-state index in [-0.39, 0.29) is 5.91 Å². The van der Waals surface area contributed by atoms with Crippen LogP contribution in [0, 0.1) is 13.8 Å². The fraction of sp³-hybridized carbons (Fsp3) is 0.240. The van der Waals surface area contributed by atoms with Gasteiger partial charge in [-0.05, 0) is 56.2 Å². The third-order valence-corrected chi connectivity index (χ3v) is 5.71. The average Bonchev–Trinajstić information content (AvgIpc) is 3.40. The zero-order valence-corrected chi connectivity index (χ0v) is 19.6. The molecule has 4 aromatic rings. The number of hydrogen-bond acceptors (Lipinski definition) is 4. The molecule has 0 fully saturated rings. The summed E-state index contributed by atoms with van der Waals surface area (Å²) in [5, 5.41) is 12.2. The maximum Gasteiger partial charge on any atom is 0.255 e. The molecule has 0 bridgehead atoms. The molecule has 170 valence electrons. The molecule has 0 spiro atoms. The Balaban J connectivity index is 1.39. The van der Waals surface area contributed by atoms with E-state index < -0.39 is 0 Å². The Kier molecular flexibility index (Phi) is 6.79. The molecule has 0 saturated heterocycles. The summed E-state index contributed by atoms with van der Waals surface area (Å²) in [6.07, 6.45) is 5.31. The van der Waals surface area contributed by atoms with Gasteiger partial charge in [-0.3, -0.25) is 14.2 Å². The van der Waals surface area contributed by atoms with E-state index >= 15 is 0 Å². The molecule has 8 heteroatoms. The Morgan fingerprint density at radius 1 is 1.12 bits per heavy atom. The molecular formula is C25H26ClN5O2. The predicted molar refractivity (Wildman–Crippen MR) is 129 cm³/mol. The van der Waals surface area contributed by atoms with Crippen LogP contribution in [0.15, 0.2) is 61.1 Å². The first-order valence-corrected chi connectivity index (χ1v) is 11.1. The SMILES string of the molecule is CCn1ncc(Cn2cc(NC(=O)c3cccc(COc4cc(C)ccc4Cl)c3)cn2)c1C. The fourth-order valence-electron chi connectivity index (χ4n) is 3.54. The lowest BCUT2D eigenvalue weighted by molar-refractivity contribution is 0.102. The van der Waals surface area contributed by atoms with Crippen LogP contribution in [0.2, 0.25) is 5.02 Å². The Bertz CT molecular complexity index is 1280. The van der Waals surface area contributed by atoms with Crippen molar-refractivity contribution in [1.82, 2.24) is 19.6 Å². The summed E-state index contributed by atoms with van der Waals surface area (Å²) in [6.45, 7) is 7.82. The normalized spacial score (nSPS) is 10.9. The van der Waals surface area contributed by atoms with Crippen molar-refractivity contribution in [1.29, 1.82) is 0 Å². The molecule has 2 aromatic heterocycles. The predicted octanol–water partition coefficient (Wildman–Crippen LogP) is 5.25. The summed E-state index contributed by atoms with van der Waals surface area (Å²) < 4.78 is 9.59. The number of halogens is 1. The number of nitrogens with zero attached hydrogens (tertiary/aromatic N) is 4. The second-order valence-electron chi connectivity index (χ2n) is 7.87. The molecule has 0 aliphatic rings. The van der Waals surface area contributed by atoms with Gasteiger partial charge in [-0.1, -0.05) is 29.8 Å². The number of aryl methyl sites for hydroxylation is 2. The van der Waals surface area contributed by atoms with Crippen molar-refractivity contribution >= 4 is 23.2 Å². The number of rotatable bonds is 8. The second kappa shape index (κ2) is 9.92. The number of carbonyl (C=O) groups is 1. The molecule has 0 radical (unpaired) electrons. The number of amides is 1. The minimum Gasteiger partial charge on any atom is -0.487 e. The Morgan fingerprint density at radius 2 is 1.97 bits per heavy atom. The molecule has 33 heavy (non-hydrogen) atoms. The largest absolute Gasteiger partial charge is 0.487 e. The molecular weight excluding hydrogens is 438 g/mol. The summed E-state index contributed by atoms with van der Waals surface area (Å²) in [5.74, 6) is 0.415. The molecule has 0 aliphatic heterocycles. The van der Waals surface area contributed by atoms with Crippen LogP contribution >= 0.6 is 11.6 Å². The standard InChI is InChI=1S/C25H26ClN5O2/c1-4-31-18(3)21(12-28-31)14-30-15-22(13-27-30)29-25(32)20-7-5-6-19(11-20)16-33-24-10-17(2)8-9-23(24)26/h5-13,15H,4,14,16H2,1-3H3,(H,29,32). The Hall–Kier alpha value is -3.58. The van der Waals surface area contributed by atoms with Crippen molar-refractivity contribution in [3.8, 4) is 5.75 Å². The Labute approximate surface area is 197 Å². The number of carbonyl (C=O) groups excluding carboxylic acids is 1. The monoisotopic (exact) mass is 463 g/mol. The van der Waals surface area contributed by atoms with E-state index in [0.717, 1.165) is 28.9 Å². The van der Waals surface area contributed by atoms with Crippen molar-refractivity contribution in [3.05, 3.63) is 94.0 Å². The Morgan fingerprint density at radius 3 is 2.76 bits per heavy atom. The van der Waals surface area contributed by atoms with Crippen LogP contribution in [0.1, 0.15) is 39.7 Å². The van der Waals surface area contributed by atoms with Crippen LogP contribution in [0.5, 0.6) is 5.75 Å². The molecule has 1 N–H and O–H groups in total. The number of anilines is 1. The number of ether oxygens (including phenoxy) is 1. The summed E-state index contributed by atoms with van der Waals surface area (Å²) in [5.41, 5.74) is 5.33. The quantitative estimate of drug-likeness (QED) is 0.387. The molecule has 2 aromatic carbocycles. The van der Waals surface area contributed by atoms with Crippen LogP contribution < -0.4 is 10.1 Å².